The van der Waals surface area contributed by atoms with E-state index < -0.39 is 0 Å². The molecule has 0 bridgehead atoms. The van der Waals surface area contributed by atoms with Crippen LogP contribution in [-0.2, 0) is 6.54 Å². The van der Waals surface area contributed by atoms with Gasteiger partial charge in [-0.25, -0.2) is 4.98 Å². The van der Waals surface area contributed by atoms with Crippen LogP contribution in [-0.4, -0.2) is 19.1 Å². The highest BCUT2D eigenvalue weighted by molar-refractivity contribution is 7.15. The van der Waals surface area contributed by atoms with Crippen molar-refractivity contribution in [2.24, 2.45) is 0 Å². The molecule has 0 radical (unpaired) electrons. The molecular weight excluding hydrogens is 232 g/mol. The van der Waals surface area contributed by atoms with E-state index >= 15 is 0 Å². The number of nitrogens with zero attached hydrogens (tertiary/aromatic N) is 1. The maximum atomic E-state index is 5.25. The zero-order chi connectivity index (χ0) is 12.3. The van der Waals surface area contributed by atoms with E-state index in [1.165, 1.54) is 10.4 Å². The summed E-state index contributed by atoms with van der Waals surface area (Å²) in [6.07, 6.45) is 0. The van der Waals surface area contributed by atoms with Gasteiger partial charge in [0.05, 0.1) is 22.7 Å². The van der Waals surface area contributed by atoms with E-state index in [1.54, 1.807) is 18.4 Å². The summed E-state index contributed by atoms with van der Waals surface area (Å²) in [5.74, 6) is 0.879. The molecule has 90 valence electrons. The molecule has 0 saturated heterocycles. The molecule has 0 saturated carbocycles. The molecule has 0 spiro atoms. The summed E-state index contributed by atoms with van der Waals surface area (Å²) in [4.78, 5) is 5.77. The second-order valence-corrected chi connectivity index (χ2v) is 4.97. The molecule has 3 nitrogen and oxygen atoms in total. The first kappa shape index (κ1) is 12.1. The van der Waals surface area contributed by atoms with Gasteiger partial charge in [0, 0.05) is 6.54 Å². The number of thiazole rings is 1. The van der Waals surface area contributed by atoms with Crippen molar-refractivity contribution < 1.29 is 4.74 Å². The summed E-state index contributed by atoms with van der Waals surface area (Å²) in [7, 11) is 3.62. The van der Waals surface area contributed by atoms with Crippen LogP contribution in [0.5, 0.6) is 5.75 Å². The number of aromatic nitrogens is 1. The monoisotopic (exact) mass is 248 g/mol. The van der Waals surface area contributed by atoms with Gasteiger partial charge in [0.15, 0.2) is 0 Å². The van der Waals surface area contributed by atoms with Crippen molar-refractivity contribution in [2.75, 3.05) is 14.2 Å². The van der Waals surface area contributed by atoms with Crippen molar-refractivity contribution in [2.45, 2.75) is 13.5 Å². The lowest BCUT2D eigenvalue weighted by Gasteiger charge is -2.04. The fraction of sp³-hybridized carbons (Fsp3) is 0.308. The van der Waals surface area contributed by atoms with Crippen LogP contribution in [0.1, 0.15) is 10.7 Å². The number of ether oxygens (including phenoxy) is 1. The van der Waals surface area contributed by atoms with E-state index in [0.29, 0.717) is 0 Å². The fourth-order valence-corrected chi connectivity index (χ4v) is 2.68. The minimum Gasteiger partial charge on any atom is -0.497 e. The third-order valence-corrected chi connectivity index (χ3v) is 3.54. The minimum absolute atomic E-state index is 0.789. The maximum Gasteiger partial charge on any atom is 0.119 e. The van der Waals surface area contributed by atoms with Crippen molar-refractivity contribution in [3.8, 4) is 16.2 Å². The molecule has 1 N–H and O–H groups in total. The molecule has 4 heteroatoms. The first-order chi connectivity index (χ1) is 8.24. The Morgan fingerprint density at radius 3 is 2.94 bits per heavy atom. The van der Waals surface area contributed by atoms with Gasteiger partial charge in [0.1, 0.15) is 5.75 Å². The van der Waals surface area contributed by atoms with Crippen LogP contribution in [0.15, 0.2) is 24.3 Å². The number of hydrogen-bond acceptors (Lipinski definition) is 4. The Bertz CT molecular complexity index is 508. The lowest BCUT2D eigenvalue weighted by Crippen LogP contribution is -2.06. The molecule has 0 atom stereocenters. The summed E-state index contributed by atoms with van der Waals surface area (Å²) in [5.41, 5.74) is 2.27. The van der Waals surface area contributed by atoms with E-state index in [2.05, 4.69) is 16.4 Å². The van der Waals surface area contributed by atoms with E-state index in [9.17, 15) is 0 Å². The van der Waals surface area contributed by atoms with Crippen molar-refractivity contribution in [3.05, 3.63) is 35.0 Å². The second kappa shape index (κ2) is 5.29. The Hall–Kier alpha value is -1.39. The van der Waals surface area contributed by atoms with Crippen molar-refractivity contribution in [1.29, 1.82) is 0 Å². The molecule has 1 heterocycles. The second-order valence-electron chi connectivity index (χ2n) is 3.77. The normalized spacial score (nSPS) is 10.5. The van der Waals surface area contributed by atoms with Gasteiger partial charge in [-0.1, -0.05) is 12.1 Å². The molecule has 2 aromatic rings. The van der Waals surface area contributed by atoms with Gasteiger partial charge < -0.3 is 10.1 Å². The minimum atomic E-state index is 0.789. The number of hydrogen-bond donors (Lipinski definition) is 1. The van der Waals surface area contributed by atoms with E-state index in [4.69, 9.17) is 4.74 Å². The Labute approximate surface area is 105 Å². The van der Waals surface area contributed by atoms with Crippen LogP contribution in [0.2, 0.25) is 0 Å². The SMILES string of the molecule is CNCc1nc(C)sc1-c1cccc(OC)c1. The maximum absolute atomic E-state index is 5.25. The average Bonchev–Trinajstić information content (AvgIpc) is 2.71. The van der Waals surface area contributed by atoms with Crippen LogP contribution >= 0.6 is 11.3 Å². The topological polar surface area (TPSA) is 34.2 Å². The molecule has 17 heavy (non-hydrogen) atoms. The van der Waals surface area contributed by atoms with Crippen LogP contribution in [0.3, 0.4) is 0 Å². The molecule has 2 rings (SSSR count). The molecule has 0 amide bonds. The smallest absolute Gasteiger partial charge is 0.119 e. The Balaban J connectivity index is 2.43. The summed E-state index contributed by atoms with van der Waals surface area (Å²) >= 11 is 1.72. The molecule has 0 fully saturated rings. The number of benzene rings is 1. The Kier molecular flexibility index (Phi) is 3.76. The largest absolute Gasteiger partial charge is 0.497 e. The quantitative estimate of drug-likeness (QED) is 0.903. The highest BCUT2D eigenvalue weighted by atomic mass is 32.1. The van der Waals surface area contributed by atoms with Gasteiger partial charge in [-0.15, -0.1) is 11.3 Å². The van der Waals surface area contributed by atoms with Crippen molar-refractivity contribution >= 4 is 11.3 Å². The average molecular weight is 248 g/mol. The van der Waals surface area contributed by atoms with Crippen LogP contribution < -0.4 is 10.1 Å². The van der Waals surface area contributed by atoms with Crippen molar-refractivity contribution in [3.63, 3.8) is 0 Å². The van der Waals surface area contributed by atoms with Gasteiger partial charge >= 0.3 is 0 Å². The Morgan fingerprint density at radius 1 is 1.41 bits per heavy atom. The van der Waals surface area contributed by atoms with Crippen molar-refractivity contribution in [1.82, 2.24) is 10.3 Å². The molecule has 0 unspecified atom stereocenters. The Morgan fingerprint density at radius 2 is 2.24 bits per heavy atom. The van der Waals surface area contributed by atoms with E-state index in [0.717, 1.165) is 23.0 Å². The van der Waals surface area contributed by atoms with Gasteiger partial charge in [-0.05, 0) is 31.7 Å². The molecule has 1 aromatic carbocycles. The fourth-order valence-electron chi connectivity index (χ4n) is 1.75. The zero-order valence-electron chi connectivity index (χ0n) is 10.3. The third-order valence-electron chi connectivity index (χ3n) is 2.48. The summed E-state index contributed by atoms with van der Waals surface area (Å²) in [6, 6.07) is 8.10. The summed E-state index contributed by atoms with van der Waals surface area (Å²) < 4.78 is 5.25. The summed E-state index contributed by atoms with van der Waals surface area (Å²) in [5, 5.41) is 4.24. The molecule has 0 aliphatic rings. The number of aryl methyl sites for hydroxylation is 1. The number of methoxy groups -OCH3 is 1. The molecule has 0 aliphatic heterocycles. The highest BCUT2D eigenvalue weighted by Crippen LogP contribution is 2.32. The number of nitrogens with one attached hydrogen (secondary N) is 1. The molecule has 1 aromatic heterocycles. The van der Waals surface area contributed by atoms with Gasteiger partial charge in [-0.3, -0.25) is 0 Å². The molecular formula is C13H16N2OS. The van der Waals surface area contributed by atoms with Gasteiger partial charge in [-0.2, -0.15) is 0 Å². The van der Waals surface area contributed by atoms with E-state index in [1.807, 2.05) is 32.2 Å². The predicted octanol–water partition coefficient (Wildman–Crippen LogP) is 2.85. The van der Waals surface area contributed by atoms with Gasteiger partial charge in [0.2, 0.25) is 0 Å². The van der Waals surface area contributed by atoms with Crippen LogP contribution in [0.25, 0.3) is 10.4 Å². The first-order valence-corrected chi connectivity index (χ1v) is 6.31. The lowest BCUT2D eigenvalue weighted by atomic mass is 10.1. The molecule has 0 aliphatic carbocycles. The highest BCUT2D eigenvalue weighted by Gasteiger charge is 2.10. The van der Waals surface area contributed by atoms with Crippen LogP contribution in [0, 0.1) is 6.92 Å². The summed E-state index contributed by atoms with van der Waals surface area (Å²) in [6.45, 7) is 2.82. The lowest BCUT2D eigenvalue weighted by molar-refractivity contribution is 0.415. The van der Waals surface area contributed by atoms with E-state index in [-0.39, 0.29) is 0 Å². The third kappa shape index (κ3) is 2.65. The zero-order valence-corrected chi connectivity index (χ0v) is 11.1. The predicted molar refractivity (Wildman–Crippen MR) is 71.6 cm³/mol. The number of rotatable bonds is 4. The standard InChI is InChI=1S/C13H16N2OS/c1-9-15-12(8-14-2)13(17-9)10-5-4-6-11(7-10)16-3/h4-7,14H,8H2,1-3H3. The first-order valence-electron chi connectivity index (χ1n) is 5.50. The van der Waals surface area contributed by atoms with Gasteiger partial charge in [0.25, 0.3) is 0 Å². The van der Waals surface area contributed by atoms with Crippen LogP contribution in [0.4, 0.5) is 0 Å².